The molecule has 0 saturated heterocycles. The molecular formula is C11H12N4O5. The van der Waals surface area contributed by atoms with E-state index in [4.69, 9.17) is 15.3 Å². The number of aliphatic hydroxyl groups is 1. The molecule has 0 atom stereocenters. The molecule has 20 heavy (non-hydrogen) atoms. The molecule has 0 radical (unpaired) electrons. The highest BCUT2D eigenvalue weighted by Crippen LogP contribution is 2.19. The Bertz CT molecular complexity index is 554. The molecule has 0 aliphatic carbocycles. The molecule has 106 valence electrons. The number of aromatic carboxylic acids is 2. The molecule has 2 heterocycles. The fourth-order valence-corrected chi connectivity index (χ4v) is 1.61. The number of nitrogens with zero attached hydrogens (tertiary/aromatic N) is 2. The van der Waals surface area contributed by atoms with Crippen molar-refractivity contribution in [1.29, 1.82) is 0 Å². The second-order valence-corrected chi connectivity index (χ2v) is 3.94. The molecule has 0 unspecified atom stereocenters. The molecule has 1 aromatic heterocycles. The number of anilines is 1. The van der Waals surface area contributed by atoms with Crippen molar-refractivity contribution < 1.29 is 24.9 Å². The number of nitrogens with one attached hydrogen (secondary N) is 2. The number of hydrogen-bond donors (Lipinski definition) is 5. The largest absolute Gasteiger partial charge is 0.477 e. The van der Waals surface area contributed by atoms with Crippen LogP contribution in [0.1, 0.15) is 27.4 Å². The zero-order valence-electron chi connectivity index (χ0n) is 10.2. The van der Waals surface area contributed by atoms with Crippen LogP contribution in [0.25, 0.3) is 0 Å². The van der Waals surface area contributed by atoms with Crippen LogP contribution in [0.2, 0.25) is 0 Å². The summed E-state index contributed by atoms with van der Waals surface area (Å²) < 4.78 is 0. The highest BCUT2D eigenvalue weighted by Gasteiger charge is 2.18. The Morgan fingerprint density at radius 2 is 1.80 bits per heavy atom. The lowest BCUT2D eigenvalue weighted by molar-refractivity contribution is 0.0685. The van der Waals surface area contributed by atoms with Crippen molar-refractivity contribution in [3.05, 3.63) is 35.4 Å². The molecule has 1 aliphatic heterocycles. The van der Waals surface area contributed by atoms with E-state index in [1.807, 2.05) is 0 Å². The van der Waals surface area contributed by atoms with Crippen LogP contribution >= 0.6 is 0 Å². The second kappa shape index (κ2) is 5.55. The topological polar surface area (TPSA) is 135 Å². The molecule has 1 aliphatic rings. The first-order valence-corrected chi connectivity index (χ1v) is 5.62. The van der Waals surface area contributed by atoms with E-state index in [1.165, 1.54) is 17.1 Å². The second-order valence-electron chi connectivity index (χ2n) is 3.94. The fourth-order valence-electron chi connectivity index (χ4n) is 1.61. The molecule has 0 spiro atoms. The Balaban J connectivity index is 2.36. The summed E-state index contributed by atoms with van der Waals surface area (Å²) in [5.74, 6) is -2.64. The van der Waals surface area contributed by atoms with Gasteiger partial charge < -0.3 is 20.7 Å². The van der Waals surface area contributed by atoms with Gasteiger partial charge in [0, 0.05) is 24.9 Å². The summed E-state index contributed by atoms with van der Waals surface area (Å²) in [4.78, 5) is 25.4. The number of aromatic nitrogens is 1. The summed E-state index contributed by atoms with van der Waals surface area (Å²) in [6.45, 7) is -0.0501. The molecule has 0 aromatic carbocycles. The van der Waals surface area contributed by atoms with Gasteiger partial charge in [0.1, 0.15) is 0 Å². The molecule has 9 heteroatoms. The number of hydrazine groups is 2. The maximum absolute atomic E-state index is 11.0. The van der Waals surface area contributed by atoms with Crippen LogP contribution in [0.4, 0.5) is 5.69 Å². The van der Waals surface area contributed by atoms with Crippen LogP contribution < -0.4 is 16.0 Å². The number of hydrogen-bond acceptors (Lipinski definition) is 7. The summed E-state index contributed by atoms with van der Waals surface area (Å²) >= 11 is 0. The smallest absolute Gasteiger partial charge is 0.354 e. The predicted molar refractivity (Wildman–Crippen MR) is 66.7 cm³/mol. The molecule has 1 aromatic rings. The van der Waals surface area contributed by atoms with Crippen molar-refractivity contribution in [2.45, 2.75) is 6.42 Å². The summed E-state index contributed by atoms with van der Waals surface area (Å²) in [5, 5.41) is 28.1. The maximum Gasteiger partial charge on any atom is 0.354 e. The van der Waals surface area contributed by atoms with Crippen molar-refractivity contribution in [3.8, 4) is 0 Å². The van der Waals surface area contributed by atoms with E-state index in [-0.39, 0.29) is 18.0 Å². The van der Waals surface area contributed by atoms with E-state index in [9.17, 15) is 9.59 Å². The van der Waals surface area contributed by atoms with Gasteiger partial charge in [0.25, 0.3) is 0 Å². The number of pyridine rings is 1. The minimum Gasteiger partial charge on any atom is -0.477 e. The maximum atomic E-state index is 11.0. The number of carboxylic acid groups (broad SMARTS) is 2. The Morgan fingerprint density at radius 1 is 1.20 bits per heavy atom. The highest BCUT2D eigenvalue weighted by molar-refractivity contribution is 5.91. The summed E-state index contributed by atoms with van der Waals surface area (Å²) in [5.41, 5.74) is 5.71. The minimum absolute atomic E-state index is 0.0501. The number of carbonyl (C=O) groups is 2. The van der Waals surface area contributed by atoms with Crippen LogP contribution in [0.5, 0.6) is 0 Å². The van der Waals surface area contributed by atoms with Gasteiger partial charge in [-0.15, -0.1) is 5.53 Å². The lowest BCUT2D eigenvalue weighted by Crippen LogP contribution is -2.36. The van der Waals surface area contributed by atoms with Crippen LogP contribution in [-0.4, -0.2) is 38.8 Å². The zero-order chi connectivity index (χ0) is 14.7. The predicted octanol–water partition coefficient (Wildman–Crippen LogP) is -0.469. The van der Waals surface area contributed by atoms with Gasteiger partial charge in [0.15, 0.2) is 11.4 Å². The van der Waals surface area contributed by atoms with Crippen molar-refractivity contribution in [2.75, 3.05) is 11.6 Å². The van der Waals surface area contributed by atoms with E-state index in [2.05, 4.69) is 15.9 Å². The van der Waals surface area contributed by atoms with Crippen molar-refractivity contribution in [3.63, 3.8) is 0 Å². The van der Waals surface area contributed by atoms with Gasteiger partial charge in [-0.05, 0) is 12.1 Å². The summed E-state index contributed by atoms with van der Waals surface area (Å²) in [6.07, 6.45) is 1.97. The highest BCUT2D eigenvalue weighted by atomic mass is 16.4. The monoisotopic (exact) mass is 280 g/mol. The number of aliphatic hydroxyl groups excluding tert-OH is 1. The first kappa shape index (κ1) is 13.8. The Morgan fingerprint density at radius 3 is 2.30 bits per heavy atom. The first-order valence-electron chi connectivity index (χ1n) is 5.62. The number of rotatable bonds is 5. The van der Waals surface area contributed by atoms with Crippen molar-refractivity contribution >= 4 is 17.6 Å². The molecule has 0 saturated carbocycles. The standard InChI is InChI=1S/C11H12N4O5/c16-2-1-6-5-15(14-13-6)7-3-8(10(17)18)12-9(4-7)11(19)20/h3-5,13-14,16H,1-2H2,(H,17,18)(H,19,20). The SMILES string of the molecule is O=C(O)c1cc(N2C=C(CCO)NN2)cc(C(=O)O)n1. The van der Waals surface area contributed by atoms with Gasteiger partial charge in [-0.25, -0.2) is 14.6 Å². The molecule has 9 nitrogen and oxygen atoms in total. The zero-order valence-corrected chi connectivity index (χ0v) is 10.2. The third-order valence-electron chi connectivity index (χ3n) is 2.53. The Hall–Kier alpha value is -2.65. The molecule has 5 N–H and O–H groups in total. The molecule has 0 fully saturated rings. The summed E-state index contributed by atoms with van der Waals surface area (Å²) in [7, 11) is 0. The van der Waals surface area contributed by atoms with Crippen LogP contribution in [0.3, 0.4) is 0 Å². The van der Waals surface area contributed by atoms with Crippen LogP contribution in [-0.2, 0) is 0 Å². The third-order valence-corrected chi connectivity index (χ3v) is 2.53. The van der Waals surface area contributed by atoms with E-state index in [0.29, 0.717) is 17.8 Å². The van der Waals surface area contributed by atoms with E-state index in [0.717, 1.165) is 0 Å². The van der Waals surface area contributed by atoms with E-state index >= 15 is 0 Å². The number of carboxylic acids is 2. The van der Waals surface area contributed by atoms with Gasteiger partial charge in [0.2, 0.25) is 0 Å². The van der Waals surface area contributed by atoms with Gasteiger partial charge in [-0.1, -0.05) is 0 Å². The fraction of sp³-hybridized carbons (Fsp3) is 0.182. The normalized spacial score (nSPS) is 13.8. The third kappa shape index (κ3) is 2.84. The van der Waals surface area contributed by atoms with Crippen molar-refractivity contribution in [1.82, 2.24) is 15.9 Å². The van der Waals surface area contributed by atoms with Gasteiger partial charge >= 0.3 is 11.9 Å². The van der Waals surface area contributed by atoms with E-state index in [1.54, 1.807) is 6.20 Å². The van der Waals surface area contributed by atoms with Gasteiger partial charge in [-0.3, -0.25) is 5.01 Å². The van der Waals surface area contributed by atoms with Crippen molar-refractivity contribution in [2.24, 2.45) is 0 Å². The molecular weight excluding hydrogens is 268 g/mol. The minimum atomic E-state index is -1.32. The molecule has 2 rings (SSSR count). The average molecular weight is 280 g/mol. The van der Waals surface area contributed by atoms with Crippen LogP contribution in [0.15, 0.2) is 24.0 Å². The summed E-state index contributed by atoms with van der Waals surface area (Å²) in [6, 6.07) is 2.48. The van der Waals surface area contributed by atoms with Gasteiger partial charge in [0.05, 0.1) is 5.69 Å². The molecule has 0 bridgehead atoms. The lowest BCUT2D eigenvalue weighted by Gasteiger charge is -2.15. The van der Waals surface area contributed by atoms with E-state index < -0.39 is 11.9 Å². The quantitative estimate of drug-likeness (QED) is 0.485. The first-order chi connectivity index (χ1) is 9.51. The van der Waals surface area contributed by atoms with Crippen LogP contribution in [0, 0.1) is 0 Å². The molecule has 0 amide bonds. The lowest BCUT2D eigenvalue weighted by atomic mass is 10.2. The average Bonchev–Trinajstić information content (AvgIpc) is 2.87. The Kier molecular flexibility index (Phi) is 3.82. The Labute approximate surface area is 113 Å². The van der Waals surface area contributed by atoms with Gasteiger partial charge in [-0.2, -0.15) is 0 Å².